The number of nitrogens with zero attached hydrogens (tertiary/aromatic N) is 2. The van der Waals surface area contributed by atoms with E-state index in [4.69, 9.17) is 10.00 Å². The lowest BCUT2D eigenvalue weighted by Crippen LogP contribution is -2.45. The molecule has 0 radical (unpaired) electrons. The van der Waals surface area contributed by atoms with Gasteiger partial charge in [-0.25, -0.2) is 0 Å². The van der Waals surface area contributed by atoms with E-state index in [9.17, 15) is 13.2 Å². The molecule has 1 fully saturated rings. The van der Waals surface area contributed by atoms with Crippen LogP contribution in [0.5, 0.6) is 0 Å². The predicted molar refractivity (Wildman–Crippen MR) is 131 cm³/mol. The Morgan fingerprint density at radius 3 is 2.23 bits per heavy atom. The van der Waals surface area contributed by atoms with Crippen molar-refractivity contribution in [3.8, 4) is 17.2 Å². The van der Waals surface area contributed by atoms with Crippen LogP contribution in [0.4, 0.5) is 13.2 Å². The van der Waals surface area contributed by atoms with Crippen molar-refractivity contribution in [1.29, 1.82) is 5.26 Å². The smallest absolute Gasteiger partial charge is 0.376 e. The Balaban J connectivity index is 1.56. The van der Waals surface area contributed by atoms with E-state index in [0.717, 1.165) is 38.5 Å². The summed E-state index contributed by atoms with van der Waals surface area (Å²) in [5.74, 6) is 0. The third-order valence-electron chi connectivity index (χ3n) is 6.96. The highest BCUT2D eigenvalue weighted by Crippen LogP contribution is 2.37. The molecule has 0 spiro atoms. The highest BCUT2D eigenvalue weighted by atomic mass is 19.4. The van der Waals surface area contributed by atoms with Crippen LogP contribution >= 0.6 is 0 Å². The van der Waals surface area contributed by atoms with Gasteiger partial charge in [0.2, 0.25) is 0 Å². The van der Waals surface area contributed by atoms with Gasteiger partial charge in [0, 0.05) is 5.41 Å². The number of alkyl halides is 3. The maximum Gasteiger partial charge on any atom is 0.416 e. The van der Waals surface area contributed by atoms with Crippen molar-refractivity contribution < 1.29 is 17.9 Å². The number of likely N-dealkylation sites (tertiary alicyclic amines) is 1. The molecule has 6 heteroatoms. The summed E-state index contributed by atoms with van der Waals surface area (Å²) in [5.41, 5.74) is 2.40. The predicted octanol–water partition coefficient (Wildman–Crippen LogP) is 6.81. The number of nitriles is 1. The fourth-order valence-electron chi connectivity index (χ4n) is 4.81. The van der Waals surface area contributed by atoms with Gasteiger partial charge in [-0.05, 0) is 85.1 Å². The lowest BCUT2D eigenvalue weighted by molar-refractivity contribution is -0.137. The van der Waals surface area contributed by atoms with Crippen LogP contribution in [0.2, 0.25) is 0 Å². The summed E-state index contributed by atoms with van der Waals surface area (Å²) in [7, 11) is 0. The van der Waals surface area contributed by atoms with Crippen molar-refractivity contribution in [3.05, 3.63) is 95.1 Å². The number of hydrogen-bond donors (Lipinski definition) is 0. The Morgan fingerprint density at radius 2 is 1.63 bits per heavy atom. The van der Waals surface area contributed by atoms with Gasteiger partial charge in [-0.1, -0.05) is 49.4 Å². The van der Waals surface area contributed by atoms with E-state index in [2.05, 4.69) is 24.0 Å². The van der Waals surface area contributed by atoms with E-state index in [1.807, 2.05) is 24.3 Å². The first-order chi connectivity index (χ1) is 16.8. The van der Waals surface area contributed by atoms with Gasteiger partial charge in [-0.15, -0.1) is 0 Å². The van der Waals surface area contributed by atoms with Gasteiger partial charge in [-0.3, -0.25) is 0 Å². The van der Waals surface area contributed by atoms with Crippen LogP contribution in [0.25, 0.3) is 11.1 Å². The molecule has 1 aliphatic heterocycles. The average molecular weight is 479 g/mol. The van der Waals surface area contributed by atoms with Crippen LogP contribution in [0.15, 0.2) is 72.8 Å². The second-order valence-corrected chi connectivity index (χ2v) is 9.18. The van der Waals surface area contributed by atoms with Gasteiger partial charge in [0.1, 0.15) is 0 Å². The lowest BCUT2D eigenvalue weighted by Gasteiger charge is -2.42. The summed E-state index contributed by atoms with van der Waals surface area (Å²) in [5, 5.41) is 9.01. The Hall–Kier alpha value is -3.14. The van der Waals surface area contributed by atoms with Crippen molar-refractivity contribution in [2.45, 2.75) is 38.0 Å². The molecule has 35 heavy (non-hydrogen) atoms. The molecule has 3 nitrogen and oxygen atoms in total. The van der Waals surface area contributed by atoms with Gasteiger partial charge in [0.05, 0.1) is 30.4 Å². The molecule has 0 aromatic heterocycles. The molecule has 0 N–H and O–H groups in total. The van der Waals surface area contributed by atoms with Crippen molar-refractivity contribution >= 4 is 0 Å². The van der Waals surface area contributed by atoms with Crippen LogP contribution in [0, 0.1) is 11.3 Å². The number of hydrogen-bond acceptors (Lipinski definition) is 3. The summed E-state index contributed by atoms with van der Waals surface area (Å²) in [6.45, 7) is 5.66. The van der Waals surface area contributed by atoms with Crippen LogP contribution in [-0.2, 0) is 22.9 Å². The Labute approximate surface area is 204 Å². The molecule has 3 aromatic carbocycles. The van der Waals surface area contributed by atoms with E-state index in [1.54, 1.807) is 30.3 Å². The molecule has 3 aromatic rings. The van der Waals surface area contributed by atoms with Crippen molar-refractivity contribution in [2.75, 3.05) is 26.2 Å². The van der Waals surface area contributed by atoms with E-state index in [-0.39, 0.29) is 12.0 Å². The molecule has 0 bridgehead atoms. The minimum absolute atomic E-state index is 0.0965. The summed E-state index contributed by atoms with van der Waals surface area (Å²) < 4.78 is 47.1. The molecule has 1 aliphatic rings. The first-order valence-corrected chi connectivity index (χ1v) is 11.9. The van der Waals surface area contributed by atoms with E-state index in [1.165, 1.54) is 11.6 Å². The number of piperidine rings is 1. The zero-order valence-corrected chi connectivity index (χ0v) is 19.8. The number of rotatable bonds is 7. The fraction of sp³-hybridized carbons (Fsp3) is 0.345. The molecular formula is C29H29F3N2O. The lowest BCUT2D eigenvalue weighted by atomic mass is 9.73. The summed E-state index contributed by atoms with van der Waals surface area (Å²) in [6.07, 6.45) is -2.57. The summed E-state index contributed by atoms with van der Waals surface area (Å²) >= 11 is 0. The molecule has 1 saturated heterocycles. The number of benzene rings is 3. The fourth-order valence-corrected chi connectivity index (χ4v) is 4.81. The van der Waals surface area contributed by atoms with Gasteiger partial charge in [0.15, 0.2) is 0 Å². The third-order valence-corrected chi connectivity index (χ3v) is 6.96. The highest BCUT2D eigenvalue weighted by Gasteiger charge is 2.36. The molecule has 0 aliphatic carbocycles. The standard InChI is InChI=1S/C29H29F3N2O/c1-2-34-14-12-28(13-15-34,26-6-4-3-5-7-26)21-35-20-23-16-25(18-27(17-23)29(30,31)32)24-10-8-22(19-33)9-11-24/h3-11,16-18H,2,12-15,20-21H2,1H3. The van der Waals surface area contributed by atoms with E-state index in [0.29, 0.717) is 28.9 Å². The van der Waals surface area contributed by atoms with Crippen LogP contribution in [0.3, 0.4) is 0 Å². The third kappa shape index (κ3) is 5.93. The largest absolute Gasteiger partial charge is 0.416 e. The maximum absolute atomic E-state index is 13.7. The van der Waals surface area contributed by atoms with Crippen molar-refractivity contribution in [2.24, 2.45) is 0 Å². The minimum atomic E-state index is -4.46. The number of ether oxygens (including phenoxy) is 1. The topological polar surface area (TPSA) is 36.3 Å². The molecule has 0 atom stereocenters. The second-order valence-electron chi connectivity index (χ2n) is 9.18. The summed E-state index contributed by atoms with van der Waals surface area (Å²) in [6, 6.07) is 22.9. The molecule has 0 saturated carbocycles. The first kappa shape index (κ1) is 25.0. The van der Waals surface area contributed by atoms with E-state index >= 15 is 0 Å². The van der Waals surface area contributed by atoms with Crippen LogP contribution in [0.1, 0.15) is 42.0 Å². The molecule has 182 valence electrons. The van der Waals surface area contributed by atoms with Gasteiger partial charge in [-0.2, -0.15) is 18.4 Å². The van der Waals surface area contributed by atoms with Gasteiger partial charge >= 0.3 is 6.18 Å². The van der Waals surface area contributed by atoms with Gasteiger partial charge < -0.3 is 9.64 Å². The second kappa shape index (κ2) is 10.6. The van der Waals surface area contributed by atoms with Crippen LogP contribution < -0.4 is 0 Å². The minimum Gasteiger partial charge on any atom is -0.376 e. The first-order valence-electron chi connectivity index (χ1n) is 11.9. The Bertz CT molecular complexity index is 1160. The van der Waals surface area contributed by atoms with Crippen molar-refractivity contribution in [1.82, 2.24) is 4.90 Å². The molecule has 0 amide bonds. The monoisotopic (exact) mass is 478 g/mol. The molecular weight excluding hydrogens is 449 g/mol. The van der Waals surface area contributed by atoms with Crippen LogP contribution in [-0.4, -0.2) is 31.1 Å². The molecule has 0 unspecified atom stereocenters. The number of halogens is 3. The zero-order chi connectivity index (χ0) is 24.9. The zero-order valence-electron chi connectivity index (χ0n) is 19.8. The molecule has 4 rings (SSSR count). The quantitative estimate of drug-likeness (QED) is 0.374. The Kier molecular flexibility index (Phi) is 7.59. The maximum atomic E-state index is 13.7. The SMILES string of the molecule is CCN1CCC(COCc2cc(-c3ccc(C#N)cc3)cc(C(F)(F)F)c2)(c2ccccc2)CC1. The average Bonchev–Trinajstić information content (AvgIpc) is 2.89. The van der Waals surface area contributed by atoms with Crippen molar-refractivity contribution in [3.63, 3.8) is 0 Å². The molecule has 1 heterocycles. The van der Waals surface area contributed by atoms with E-state index < -0.39 is 11.7 Å². The van der Waals surface area contributed by atoms with Gasteiger partial charge in [0.25, 0.3) is 0 Å². The Morgan fingerprint density at radius 1 is 0.943 bits per heavy atom. The normalized spacial score (nSPS) is 16.1. The summed E-state index contributed by atoms with van der Waals surface area (Å²) in [4.78, 5) is 2.41. The highest BCUT2D eigenvalue weighted by molar-refractivity contribution is 5.66.